The first-order chi connectivity index (χ1) is 6.81. The van der Waals surface area contributed by atoms with Gasteiger partial charge in [0.15, 0.2) is 0 Å². The number of hydrogen-bond donors (Lipinski definition) is 1. The number of nitrogens with zero attached hydrogens (tertiary/aromatic N) is 2. The molecule has 2 aliphatic carbocycles. The third-order valence-electron chi connectivity index (χ3n) is 3.96. The number of hydrogen-bond acceptors (Lipinski definition) is 3. The minimum atomic E-state index is 0.439. The zero-order valence-corrected chi connectivity index (χ0v) is 9.11. The molecule has 0 aliphatic heterocycles. The van der Waals surface area contributed by atoms with Gasteiger partial charge in [-0.1, -0.05) is 19.0 Å². The largest absolute Gasteiger partial charge is 0.411 e. The molecule has 0 aromatic rings. The van der Waals surface area contributed by atoms with Crippen LogP contribution in [0.25, 0.3) is 0 Å². The molecule has 0 spiro atoms. The van der Waals surface area contributed by atoms with Crippen LogP contribution in [0.15, 0.2) is 5.16 Å². The van der Waals surface area contributed by atoms with E-state index in [1.807, 2.05) is 0 Å². The summed E-state index contributed by atoms with van der Waals surface area (Å²) in [4.78, 5) is 2.43. The molecular weight excluding hydrogens is 176 g/mol. The van der Waals surface area contributed by atoms with E-state index in [1.54, 1.807) is 0 Å². The van der Waals surface area contributed by atoms with Crippen molar-refractivity contribution in [1.29, 1.82) is 0 Å². The summed E-state index contributed by atoms with van der Waals surface area (Å²) in [7, 11) is 0. The lowest BCUT2D eigenvalue weighted by atomic mass is 9.92. The zero-order chi connectivity index (χ0) is 10.1. The van der Waals surface area contributed by atoms with Gasteiger partial charge >= 0.3 is 0 Å². The Morgan fingerprint density at radius 1 is 1.36 bits per heavy atom. The van der Waals surface area contributed by atoms with E-state index < -0.39 is 0 Å². The monoisotopic (exact) mass is 196 g/mol. The molecular formula is C11H20N2O. The van der Waals surface area contributed by atoms with Crippen LogP contribution < -0.4 is 0 Å². The molecule has 3 heteroatoms. The fraction of sp³-hybridized carbons (Fsp3) is 0.909. The molecule has 0 aromatic heterocycles. The maximum absolute atomic E-state index is 9.06. The first-order valence-electron chi connectivity index (χ1n) is 5.77. The highest BCUT2D eigenvalue weighted by Crippen LogP contribution is 2.44. The Morgan fingerprint density at radius 2 is 2.07 bits per heavy atom. The van der Waals surface area contributed by atoms with E-state index in [4.69, 9.17) is 5.21 Å². The van der Waals surface area contributed by atoms with Crippen LogP contribution in [0.4, 0.5) is 0 Å². The lowest BCUT2D eigenvalue weighted by Gasteiger charge is -2.33. The maximum Gasteiger partial charge on any atom is 0.0775 e. The van der Waals surface area contributed by atoms with Gasteiger partial charge in [-0.25, -0.2) is 0 Å². The van der Waals surface area contributed by atoms with Gasteiger partial charge in [0.2, 0.25) is 0 Å². The second kappa shape index (κ2) is 3.89. The summed E-state index contributed by atoms with van der Waals surface area (Å²) in [5.41, 5.74) is 1.06. The van der Waals surface area contributed by atoms with Crippen molar-refractivity contribution in [3.05, 3.63) is 0 Å². The molecule has 80 valence electrons. The average Bonchev–Trinajstić information content (AvgIpc) is 2.79. The van der Waals surface area contributed by atoms with Gasteiger partial charge in [-0.2, -0.15) is 0 Å². The molecule has 3 atom stereocenters. The van der Waals surface area contributed by atoms with Crippen LogP contribution in [0.3, 0.4) is 0 Å². The third-order valence-corrected chi connectivity index (χ3v) is 3.96. The zero-order valence-electron chi connectivity index (χ0n) is 9.11. The van der Waals surface area contributed by atoms with Crippen molar-refractivity contribution in [1.82, 2.24) is 4.90 Å². The van der Waals surface area contributed by atoms with E-state index in [0.29, 0.717) is 12.0 Å². The highest BCUT2D eigenvalue weighted by molar-refractivity contribution is 5.94. The Morgan fingerprint density at radius 3 is 2.64 bits per heavy atom. The predicted molar refractivity (Wildman–Crippen MR) is 56.8 cm³/mol. The van der Waals surface area contributed by atoms with Gasteiger partial charge in [0.25, 0.3) is 0 Å². The van der Waals surface area contributed by atoms with E-state index in [-0.39, 0.29) is 0 Å². The Kier molecular flexibility index (Phi) is 2.77. The molecule has 2 aliphatic rings. The summed E-state index contributed by atoms with van der Waals surface area (Å²) < 4.78 is 0. The third kappa shape index (κ3) is 1.34. The predicted octanol–water partition coefficient (Wildman–Crippen LogP) is 1.96. The summed E-state index contributed by atoms with van der Waals surface area (Å²) >= 11 is 0. The van der Waals surface area contributed by atoms with Crippen molar-refractivity contribution in [3.63, 3.8) is 0 Å². The van der Waals surface area contributed by atoms with Crippen LogP contribution in [0.2, 0.25) is 0 Å². The van der Waals surface area contributed by atoms with Gasteiger partial charge in [0.1, 0.15) is 0 Å². The van der Waals surface area contributed by atoms with Crippen molar-refractivity contribution in [2.24, 2.45) is 17.0 Å². The minimum absolute atomic E-state index is 0.439. The van der Waals surface area contributed by atoms with Crippen molar-refractivity contribution >= 4 is 5.71 Å². The van der Waals surface area contributed by atoms with Gasteiger partial charge < -0.3 is 5.21 Å². The molecule has 1 N–H and O–H groups in total. The second-order valence-electron chi connectivity index (χ2n) is 4.46. The van der Waals surface area contributed by atoms with Crippen molar-refractivity contribution < 1.29 is 5.21 Å². The smallest absolute Gasteiger partial charge is 0.0775 e. The Balaban J connectivity index is 2.17. The molecule has 0 radical (unpaired) electrons. The van der Waals surface area contributed by atoms with Crippen LogP contribution >= 0.6 is 0 Å². The van der Waals surface area contributed by atoms with E-state index in [9.17, 15) is 0 Å². The fourth-order valence-corrected chi connectivity index (χ4v) is 3.30. The van der Waals surface area contributed by atoms with Crippen LogP contribution in [0.5, 0.6) is 0 Å². The molecule has 0 heterocycles. The van der Waals surface area contributed by atoms with E-state index in [2.05, 4.69) is 23.9 Å². The van der Waals surface area contributed by atoms with Gasteiger partial charge in [-0.15, -0.1) is 0 Å². The molecule has 3 nitrogen and oxygen atoms in total. The van der Waals surface area contributed by atoms with Gasteiger partial charge in [-0.3, -0.25) is 4.90 Å². The maximum atomic E-state index is 9.06. The number of fused-ring (bicyclic) bond motifs is 2. The van der Waals surface area contributed by atoms with Crippen molar-refractivity contribution in [2.75, 3.05) is 13.1 Å². The summed E-state index contributed by atoms with van der Waals surface area (Å²) in [6, 6.07) is 0.439. The van der Waals surface area contributed by atoms with Crippen LogP contribution in [-0.4, -0.2) is 35.0 Å². The summed E-state index contributed by atoms with van der Waals surface area (Å²) in [6.45, 7) is 6.49. The summed E-state index contributed by atoms with van der Waals surface area (Å²) in [6.07, 6.45) is 3.81. The van der Waals surface area contributed by atoms with Crippen molar-refractivity contribution in [2.45, 2.75) is 39.2 Å². The Hall–Kier alpha value is -0.570. The first kappa shape index (κ1) is 9.97. The summed E-state index contributed by atoms with van der Waals surface area (Å²) in [5.74, 6) is 1.33. The molecule has 0 amide bonds. The molecule has 0 saturated heterocycles. The lowest BCUT2D eigenvalue weighted by Crippen LogP contribution is -2.44. The Bertz CT molecular complexity index is 235. The standard InChI is InChI=1S/C11H20N2O/c1-3-13(4-2)11-9-6-5-8(7-9)10(11)12-14/h8-9,11,14H,3-7H2,1-2H3. The molecule has 2 fully saturated rings. The highest BCUT2D eigenvalue weighted by atomic mass is 16.4. The number of oxime groups is 1. The average molecular weight is 196 g/mol. The van der Waals surface area contributed by atoms with Gasteiger partial charge in [0.05, 0.1) is 11.8 Å². The highest BCUT2D eigenvalue weighted by Gasteiger charge is 2.47. The Labute approximate surface area is 85.8 Å². The molecule has 2 bridgehead atoms. The van der Waals surface area contributed by atoms with Crippen LogP contribution in [0, 0.1) is 11.8 Å². The SMILES string of the molecule is CCN(CC)C1C(=NO)C2CCC1C2. The first-order valence-corrected chi connectivity index (χ1v) is 5.77. The van der Waals surface area contributed by atoms with E-state index in [0.717, 1.165) is 24.7 Å². The van der Waals surface area contributed by atoms with Crippen LogP contribution in [0.1, 0.15) is 33.1 Å². The van der Waals surface area contributed by atoms with E-state index in [1.165, 1.54) is 19.3 Å². The minimum Gasteiger partial charge on any atom is -0.411 e. The molecule has 0 aromatic carbocycles. The molecule has 3 unspecified atom stereocenters. The second-order valence-corrected chi connectivity index (χ2v) is 4.46. The van der Waals surface area contributed by atoms with Crippen LogP contribution in [-0.2, 0) is 0 Å². The van der Waals surface area contributed by atoms with Gasteiger partial charge in [0, 0.05) is 5.92 Å². The summed E-state index contributed by atoms with van der Waals surface area (Å²) in [5, 5.41) is 12.6. The fourth-order valence-electron chi connectivity index (χ4n) is 3.30. The topological polar surface area (TPSA) is 35.8 Å². The molecule has 14 heavy (non-hydrogen) atoms. The van der Waals surface area contributed by atoms with E-state index >= 15 is 0 Å². The normalized spacial score (nSPS) is 38.8. The van der Waals surface area contributed by atoms with Crippen molar-refractivity contribution in [3.8, 4) is 0 Å². The van der Waals surface area contributed by atoms with Gasteiger partial charge in [-0.05, 0) is 38.3 Å². The molecule has 2 saturated carbocycles. The lowest BCUT2D eigenvalue weighted by molar-refractivity contribution is 0.209. The number of rotatable bonds is 3. The molecule has 2 rings (SSSR count). The quantitative estimate of drug-likeness (QED) is 0.553.